The molecule has 0 unspecified atom stereocenters. The van der Waals surface area contributed by atoms with Gasteiger partial charge in [-0.25, -0.2) is 14.8 Å². The molecule has 0 bridgehead atoms. The Morgan fingerprint density at radius 1 is 1.06 bits per heavy atom. The van der Waals surface area contributed by atoms with Crippen molar-refractivity contribution in [1.29, 1.82) is 0 Å². The van der Waals surface area contributed by atoms with E-state index in [2.05, 4.69) is 20.2 Å². The van der Waals surface area contributed by atoms with Crippen molar-refractivity contribution in [2.45, 2.75) is 6.92 Å². The third-order valence-electron chi connectivity index (χ3n) is 5.20. The van der Waals surface area contributed by atoms with Gasteiger partial charge in [-0.15, -0.1) is 0 Å². The van der Waals surface area contributed by atoms with Crippen LogP contribution in [-0.2, 0) is 0 Å². The average Bonchev–Trinajstić information content (AvgIpc) is 2.78. The number of benzene rings is 2. The van der Waals surface area contributed by atoms with Gasteiger partial charge in [-0.2, -0.15) is 0 Å². The molecule has 1 aromatic heterocycles. The second-order valence-electron chi connectivity index (χ2n) is 7.25. The molecule has 1 saturated heterocycles. The zero-order valence-electron chi connectivity index (χ0n) is 17.2. The number of piperazine rings is 1. The number of non-ortho nitro benzene ring substituents is 1. The molecule has 160 valence electrons. The summed E-state index contributed by atoms with van der Waals surface area (Å²) in [7, 11) is 1.49. The van der Waals surface area contributed by atoms with E-state index >= 15 is 0 Å². The van der Waals surface area contributed by atoms with Crippen LogP contribution in [0.1, 0.15) is 5.56 Å². The highest BCUT2D eigenvalue weighted by Crippen LogP contribution is 2.25. The van der Waals surface area contributed by atoms with Gasteiger partial charge in [0.15, 0.2) is 5.82 Å². The third-order valence-corrected chi connectivity index (χ3v) is 5.20. The van der Waals surface area contributed by atoms with Crippen molar-refractivity contribution in [3.63, 3.8) is 0 Å². The third kappa shape index (κ3) is 4.32. The maximum Gasteiger partial charge on any atom is 0.323 e. The SMILES string of the molecule is COc1nc2ccc(C)cc2nc1NC(=O)N1CCN(c2ccc([N+](=O)[O-])cc2)CC1. The van der Waals surface area contributed by atoms with Crippen molar-refractivity contribution in [2.75, 3.05) is 43.5 Å². The summed E-state index contributed by atoms with van der Waals surface area (Å²) in [6, 6.07) is 11.9. The highest BCUT2D eigenvalue weighted by atomic mass is 16.6. The standard InChI is InChI=1S/C21H22N6O4/c1-14-3-8-17-18(13-14)22-19(20(23-17)31-2)24-21(28)26-11-9-25(10-12-26)15-4-6-16(7-5-15)27(29)30/h3-8,13H,9-12H2,1-2H3,(H,22,24,28). The van der Waals surface area contributed by atoms with Gasteiger partial charge in [0.25, 0.3) is 11.6 Å². The van der Waals surface area contributed by atoms with Gasteiger partial charge in [-0.05, 0) is 36.8 Å². The van der Waals surface area contributed by atoms with Crippen LogP contribution in [0.4, 0.5) is 22.0 Å². The summed E-state index contributed by atoms with van der Waals surface area (Å²) in [5.74, 6) is 0.539. The number of carbonyl (C=O) groups is 1. The fourth-order valence-corrected chi connectivity index (χ4v) is 3.51. The number of anilines is 2. The number of fused-ring (bicyclic) bond motifs is 1. The first-order chi connectivity index (χ1) is 14.9. The summed E-state index contributed by atoms with van der Waals surface area (Å²) in [5, 5.41) is 13.6. The van der Waals surface area contributed by atoms with Crippen molar-refractivity contribution in [1.82, 2.24) is 14.9 Å². The molecule has 2 heterocycles. The van der Waals surface area contributed by atoms with Crippen molar-refractivity contribution in [2.24, 2.45) is 0 Å². The molecule has 0 saturated carbocycles. The van der Waals surface area contributed by atoms with Gasteiger partial charge < -0.3 is 14.5 Å². The minimum atomic E-state index is -0.419. The first-order valence-corrected chi connectivity index (χ1v) is 9.82. The van der Waals surface area contributed by atoms with Crippen molar-refractivity contribution < 1.29 is 14.5 Å². The average molecular weight is 422 g/mol. The number of ether oxygens (including phenoxy) is 1. The molecule has 3 aromatic rings. The molecule has 31 heavy (non-hydrogen) atoms. The van der Waals surface area contributed by atoms with E-state index in [1.807, 2.05) is 25.1 Å². The minimum Gasteiger partial charge on any atom is -0.478 e. The van der Waals surface area contributed by atoms with E-state index in [9.17, 15) is 14.9 Å². The number of amides is 2. The molecule has 1 fully saturated rings. The number of carbonyl (C=O) groups excluding carboxylic acids is 1. The van der Waals surface area contributed by atoms with E-state index < -0.39 is 4.92 Å². The van der Waals surface area contributed by atoms with Gasteiger partial charge in [0, 0.05) is 44.0 Å². The van der Waals surface area contributed by atoms with Gasteiger partial charge in [-0.3, -0.25) is 15.4 Å². The Morgan fingerprint density at radius 3 is 2.42 bits per heavy atom. The van der Waals surface area contributed by atoms with Gasteiger partial charge >= 0.3 is 6.03 Å². The molecule has 0 spiro atoms. The first-order valence-electron chi connectivity index (χ1n) is 9.82. The molecule has 10 nitrogen and oxygen atoms in total. The predicted molar refractivity (Wildman–Crippen MR) is 117 cm³/mol. The van der Waals surface area contributed by atoms with E-state index in [0.717, 1.165) is 11.3 Å². The molecule has 10 heteroatoms. The Morgan fingerprint density at radius 2 is 1.77 bits per heavy atom. The van der Waals surface area contributed by atoms with Crippen LogP contribution in [0.3, 0.4) is 0 Å². The number of aromatic nitrogens is 2. The Kier molecular flexibility index (Phi) is 5.52. The number of methoxy groups -OCH3 is 1. The largest absolute Gasteiger partial charge is 0.478 e. The molecule has 1 aliphatic rings. The molecule has 0 radical (unpaired) electrons. The lowest BCUT2D eigenvalue weighted by atomic mass is 10.2. The summed E-state index contributed by atoms with van der Waals surface area (Å²) in [4.78, 5) is 35.9. The highest BCUT2D eigenvalue weighted by molar-refractivity contribution is 5.91. The lowest BCUT2D eigenvalue weighted by Crippen LogP contribution is -2.50. The smallest absolute Gasteiger partial charge is 0.323 e. The monoisotopic (exact) mass is 422 g/mol. The summed E-state index contributed by atoms with van der Waals surface area (Å²) >= 11 is 0. The number of nitrogens with one attached hydrogen (secondary N) is 1. The molecular formula is C21H22N6O4. The molecule has 2 amide bonds. The number of rotatable bonds is 4. The minimum absolute atomic E-state index is 0.0578. The molecule has 4 rings (SSSR count). The van der Waals surface area contributed by atoms with E-state index in [-0.39, 0.29) is 23.4 Å². The van der Waals surface area contributed by atoms with Crippen LogP contribution in [0.2, 0.25) is 0 Å². The fraction of sp³-hybridized carbons (Fsp3) is 0.286. The lowest BCUT2D eigenvalue weighted by Gasteiger charge is -2.36. The quantitative estimate of drug-likeness (QED) is 0.507. The molecule has 0 atom stereocenters. The Hall–Kier alpha value is -3.95. The number of nitro benzene ring substituents is 1. The maximum atomic E-state index is 12.8. The lowest BCUT2D eigenvalue weighted by molar-refractivity contribution is -0.384. The van der Waals surface area contributed by atoms with Crippen molar-refractivity contribution >= 4 is 34.3 Å². The fourth-order valence-electron chi connectivity index (χ4n) is 3.51. The van der Waals surface area contributed by atoms with Gasteiger partial charge in [-0.1, -0.05) is 6.07 Å². The van der Waals surface area contributed by atoms with Crippen molar-refractivity contribution in [3.05, 3.63) is 58.1 Å². The van der Waals surface area contributed by atoms with Gasteiger partial charge in [0.1, 0.15) is 0 Å². The summed E-state index contributed by atoms with van der Waals surface area (Å²) in [6.45, 7) is 4.21. The Balaban J connectivity index is 1.42. The van der Waals surface area contributed by atoms with Crippen LogP contribution in [-0.4, -0.2) is 59.1 Å². The second kappa shape index (κ2) is 8.42. The summed E-state index contributed by atoms with van der Waals surface area (Å²) in [6.07, 6.45) is 0. The van der Waals surface area contributed by atoms with Crippen molar-refractivity contribution in [3.8, 4) is 5.88 Å². The van der Waals surface area contributed by atoms with E-state index in [1.165, 1.54) is 19.2 Å². The summed E-state index contributed by atoms with van der Waals surface area (Å²) in [5.41, 5.74) is 3.37. The first kappa shape index (κ1) is 20.3. The Bertz CT molecular complexity index is 1130. The summed E-state index contributed by atoms with van der Waals surface area (Å²) < 4.78 is 5.31. The number of urea groups is 1. The van der Waals surface area contributed by atoms with Crippen LogP contribution in [0.5, 0.6) is 5.88 Å². The van der Waals surface area contributed by atoms with Crippen LogP contribution in [0, 0.1) is 17.0 Å². The van der Waals surface area contributed by atoms with E-state index in [1.54, 1.807) is 17.0 Å². The molecule has 0 aliphatic carbocycles. The zero-order valence-corrected chi connectivity index (χ0v) is 17.2. The van der Waals surface area contributed by atoms with E-state index in [4.69, 9.17) is 4.74 Å². The number of hydrogen-bond donors (Lipinski definition) is 1. The van der Waals surface area contributed by atoms with Crippen LogP contribution >= 0.6 is 0 Å². The van der Waals surface area contributed by atoms with Gasteiger partial charge in [0.05, 0.1) is 23.1 Å². The second-order valence-corrected chi connectivity index (χ2v) is 7.25. The van der Waals surface area contributed by atoms with Crippen LogP contribution in [0.15, 0.2) is 42.5 Å². The maximum absolute atomic E-state index is 12.8. The molecule has 1 N–H and O–H groups in total. The van der Waals surface area contributed by atoms with Crippen LogP contribution < -0.4 is 15.0 Å². The highest BCUT2D eigenvalue weighted by Gasteiger charge is 2.23. The normalized spacial score (nSPS) is 13.9. The van der Waals surface area contributed by atoms with Crippen LogP contribution in [0.25, 0.3) is 11.0 Å². The van der Waals surface area contributed by atoms with Gasteiger partial charge in [0.2, 0.25) is 0 Å². The predicted octanol–water partition coefficient (Wildman–Crippen LogP) is 3.21. The Labute approximate surface area is 178 Å². The molecular weight excluding hydrogens is 400 g/mol. The topological polar surface area (TPSA) is 114 Å². The number of aryl methyl sites for hydroxylation is 1. The molecule has 2 aromatic carbocycles. The van der Waals surface area contributed by atoms with E-state index in [0.29, 0.717) is 37.2 Å². The number of hydrogen-bond acceptors (Lipinski definition) is 7. The zero-order chi connectivity index (χ0) is 22.0. The number of nitro groups is 1. The number of nitrogens with zero attached hydrogens (tertiary/aromatic N) is 5. The molecule has 1 aliphatic heterocycles.